The van der Waals surface area contributed by atoms with Gasteiger partial charge in [0.1, 0.15) is 16.7 Å². The van der Waals surface area contributed by atoms with Crippen LogP contribution in [-0.2, 0) is 0 Å². The highest BCUT2D eigenvalue weighted by atomic mass is 32.1. The largest absolute Gasteiger partial charge is 0.456 e. The van der Waals surface area contributed by atoms with Gasteiger partial charge in [0.15, 0.2) is 5.58 Å². The normalized spacial score (nSPS) is 12.3. The zero-order valence-electron chi connectivity index (χ0n) is 42.0. The Morgan fingerprint density at radius 3 is 1.25 bits per heavy atom. The van der Waals surface area contributed by atoms with Gasteiger partial charge in [0.25, 0.3) is 0 Å². The predicted octanol–water partition coefficient (Wildman–Crippen LogP) is 23.0. The van der Waals surface area contributed by atoms with Gasteiger partial charge >= 0.3 is 0 Å². The number of para-hydroxylation sites is 3. The van der Waals surface area contributed by atoms with Gasteiger partial charge in [0, 0.05) is 110 Å². The molecule has 13 aromatic carbocycles. The zero-order chi connectivity index (χ0) is 51.4. The van der Waals surface area contributed by atoms with Crippen LogP contribution in [0.5, 0.6) is 0 Å². The van der Waals surface area contributed by atoms with E-state index in [1.165, 1.54) is 92.8 Å². The van der Waals surface area contributed by atoms with Crippen molar-refractivity contribution in [2.45, 2.75) is 0 Å². The molecule has 0 aliphatic carbocycles. The summed E-state index contributed by atoms with van der Waals surface area (Å²) in [6.07, 6.45) is 0. The van der Waals surface area contributed by atoms with Gasteiger partial charge in [0.2, 0.25) is 0 Å². The van der Waals surface area contributed by atoms with Gasteiger partial charge in [-0.05, 0) is 160 Å². The van der Waals surface area contributed by atoms with Crippen molar-refractivity contribution >= 4 is 205 Å². The number of furan rings is 2. The number of nitrogens with zero attached hydrogens (tertiary/aromatic N) is 2. The molecule has 18 aromatic rings. The minimum Gasteiger partial charge on any atom is -0.456 e. The number of hydrogen-bond donors (Lipinski definition) is 0. The maximum atomic E-state index is 6.79. The lowest BCUT2D eigenvalue weighted by molar-refractivity contribution is 0.668. The van der Waals surface area contributed by atoms with E-state index in [0.717, 1.165) is 78.0 Å². The van der Waals surface area contributed by atoms with Gasteiger partial charge < -0.3 is 18.6 Å². The number of fused-ring (bicyclic) bond motifs is 21. The van der Waals surface area contributed by atoms with Crippen LogP contribution in [0.15, 0.2) is 251 Å². The Balaban J connectivity index is 0.833. The molecule has 18 rings (SSSR count). The minimum absolute atomic E-state index is 0.870. The fourth-order valence-corrected chi connectivity index (χ4v) is 16.1. The molecule has 0 unspecified atom stereocenters. The van der Waals surface area contributed by atoms with Crippen LogP contribution in [0.2, 0.25) is 0 Å². The van der Waals surface area contributed by atoms with Crippen molar-refractivity contribution in [3.63, 3.8) is 0 Å². The van der Waals surface area contributed by atoms with Crippen LogP contribution in [-0.4, -0.2) is 0 Å². The van der Waals surface area contributed by atoms with E-state index in [0.29, 0.717) is 0 Å². The highest BCUT2D eigenvalue weighted by molar-refractivity contribution is 7.26. The van der Waals surface area contributed by atoms with Crippen molar-refractivity contribution in [2.75, 3.05) is 9.80 Å². The molecular weight excluding hydrogens is 1020 g/mol. The van der Waals surface area contributed by atoms with Crippen LogP contribution < -0.4 is 9.80 Å². The summed E-state index contributed by atoms with van der Waals surface area (Å²) in [6.45, 7) is 0. The summed E-state index contributed by atoms with van der Waals surface area (Å²) in [4.78, 5) is 4.83. The van der Waals surface area contributed by atoms with Crippen LogP contribution >= 0.6 is 34.0 Å². The lowest BCUT2D eigenvalue weighted by Gasteiger charge is -2.26. The van der Waals surface area contributed by atoms with E-state index in [9.17, 15) is 0 Å². The topological polar surface area (TPSA) is 32.8 Å². The number of benzene rings is 13. The SMILES string of the molecule is c1ccc2c(c1)oc1ccc(N(c3ccc4sc5ccccc5c4c3)c3ccc4c(c3)c3ccccc3c3cc5c(cc43)sc3ccc(N(c4ccc6sc7ccccc7c6c4)c4cccc6c4oc4ccccc46)cc35)cc12. The summed E-state index contributed by atoms with van der Waals surface area (Å²) >= 11 is 5.57. The molecule has 368 valence electrons. The van der Waals surface area contributed by atoms with Crippen molar-refractivity contribution in [1.82, 2.24) is 0 Å². The Labute approximate surface area is 463 Å². The van der Waals surface area contributed by atoms with E-state index in [-0.39, 0.29) is 0 Å². The molecule has 79 heavy (non-hydrogen) atoms. The number of thiophene rings is 3. The first-order valence-corrected chi connectivity index (χ1v) is 29.1. The van der Waals surface area contributed by atoms with Gasteiger partial charge in [-0.2, -0.15) is 0 Å². The van der Waals surface area contributed by atoms with E-state index in [1.807, 2.05) is 40.1 Å². The highest BCUT2D eigenvalue weighted by Crippen LogP contribution is 2.50. The average molecular weight is 1060 g/mol. The molecule has 0 saturated carbocycles. The molecule has 4 nitrogen and oxygen atoms in total. The van der Waals surface area contributed by atoms with Crippen molar-refractivity contribution in [3.8, 4) is 0 Å². The molecule has 0 aliphatic heterocycles. The van der Waals surface area contributed by atoms with E-state index in [2.05, 4.69) is 246 Å². The second-order valence-corrected chi connectivity index (χ2v) is 24.0. The monoisotopic (exact) mass is 1060 g/mol. The van der Waals surface area contributed by atoms with Gasteiger partial charge in [-0.25, -0.2) is 0 Å². The lowest BCUT2D eigenvalue weighted by atomic mass is 9.92. The summed E-state index contributed by atoms with van der Waals surface area (Å²) < 4.78 is 20.8. The number of rotatable bonds is 6. The lowest BCUT2D eigenvalue weighted by Crippen LogP contribution is -2.10. The molecule has 5 aromatic heterocycles. The average Bonchev–Trinajstić information content (AvgIpc) is 4.52. The van der Waals surface area contributed by atoms with Crippen molar-refractivity contribution in [1.29, 1.82) is 0 Å². The highest BCUT2D eigenvalue weighted by Gasteiger charge is 2.24. The summed E-state index contributed by atoms with van der Waals surface area (Å²) in [5.41, 5.74) is 9.95. The maximum absolute atomic E-state index is 6.79. The van der Waals surface area contributed by atoms with Gasteiger partial charge in [-0.3, -0.25) is 0 Å². The van der Waals surface area contributed by atoms with Crippen molar-refractivity contribution < 1.29 is 8.83 Å². The Hall–Kier alpha value is -9.50. The molecule has 5 heterocycles. The first-order chi connectivity index (χ1) is 39.1. The molecule has 0 fully saturated rings. The predicted molar refractivity (Wildman–Crippen MR) is 342 cm³/mol. The minimum atomic E-state index is 0.870. The Morgan fingerprint density at radius 2 is 0.608 bits per heavy atom. The molecule has 0 aliphatic rings. The van der Waals surface area contributed by atoms with Gasteiger partial charge in [-0.15, -0.1) is 34.0 Å². The molecule has 0 N–H and O–H groups in total. The van der Waals surface area contributed by atoms with Crippen LogP contribution in [0.3, 0.4) is 0 Å². The second kappa shape index (κ2) is 16.5. The summed E-state index contributed by atoms with van der Waals surface area (Å²) in [6, 6.07) is 89.3. The Kier molecular flexibility index (Phi) is 9.11. The number of hydrogen-bond acceptors (Lipinski definition) is 7. The van der Waals surface area contributed by atoms with Crippen LogP contribution in [0.1, 0.15) is 0 Å². The zero-order valence-corrected chi connectivity index (χ0v) is 44.5. The quantitative estimate of drug-likeness (QED) is 0.155. The fourth-order valence-electron chi connectivity index (χ4n) is 12.8. The summed E-state index contributed by atoms with van der Waals surface area (Å²) in [5, 5.41) is 19.4. The van der Waals surface area contributed by atoms with Crippen LogP contribution in [0.4, 0.5) is 34.1 Å². The fraction of sp³-hybridized carbons (Fsp3) is 0. The summed E-state index contributed by atoms with van der Waals surface area (Å²) in [7, 11) is 0. The first kappa shape index (κ1) is 43.6. The van der Waals surface area contributed by atoms with E-state index < -0.39 is 0 Å². The van der Waals surface area contributed by atoms with Crippen molar-refractivity contribution in [2.24, 2.45) is 0 Å². The standard InChI is InChI=1S/C72H40N2O2S3/c1-2-13-47-46(12-1)54-34-41(73(42-25-30-65-57(35-42)50-15-4-7-20-63(50)75-65)43-26-31-68-58(36-43)51-16-5-9-22-66(51)77-68)24-29-48(54)56-40-71-61(39-55(47)56)60-38-45(28-33-70(60)79-71)74(44-27-32-69-59(37-44)52-17-6-10-23-67(52)78-69)62-19-11-18-53-49-14-3-8-21-64(49)76-72(53)62/h1-40H. The molecule has 7 heteroatoms. The third kappa shape index (κ3) is 6.46. The molecule has 0 saturated heterocycles. The first-order valence-electron chi connectivity index (χ1n) is 26.6. The second-order valence-electron chi connectivity index (χ2n) is 20.7. The van der Waals surface area contributed by atoms with Crippen LogP contribution in [0.25, 0.3) is 137 Å². The van der Waals surface area contributed by atoms with Crippen LogP contribution in [0, 0.1) is 0 Å². The molecule has 0 amide bonds. The van der Waals surface area contributed by atoms with E-state index >= 15 is 0 Å². The third-order valence-corrected chi connectivity index (χ3v) is 19.8. The smallest absolute Gasteiger partial charge is 0.159 e. The maximum Gasteiger partial charge on any atom is 0.159 e. The molecule has 0 spiro atoms. The molecule has 0 atom stereocenters. The van der Waals surface area contributed by atoms with Gasteiger partial charge in [-0.1, -0.05) is 115 Å². The Bertz CT molecular complexity index is 5510. The molecular formula is C72H40N2O2S3. The van der Waals surface area contributed by atoms with E-state index in [1.54, 1.807) is 0 Å². The molecule has 0 bridgehead atoms. The van der Waals surface area contributed by atoms with Gasteiger partial charge in [0.05, 0.1) is 5.69 Å². The van der Waals surface area contributed by atoms with Crippen molar-refractivity contribution in [3.05, 3.63) is 243 Å². The summed E-state index contributed by atoms with van der Waals surface area (Å²) in [5.74, 6) is 0. The van der Waals surface area contributed by atoms with E-state index in [4.69, 9.17) is 8.83 Å². The third-order valence-electron chi connectivity index (χ3n) is 16.4. The molecule has 0 radical (unpaired) electrons. The Morgan fingerprint density at radius 1 is 0.215 bits per heavy atom. The number of anilines is 6.